The first-order valence-corrected chi connectivity index (χ1v) is 13.6. The van der Waals surface area contributed by atoms with Crippen LogP contribution in [0.1, 0.15) is 55.6 Å². The lowest BCUT2D eigenvalue weighted by Gasteiger charge is -2.34. The Hall–Kier alpha value is -3.74. The van der Waals surface area contributed by atoms with E-state index in [1.807, 2.05) is 39.9 Å². The van der Waals surface area contributed by atoms with Gasteiger partial charge in [-0.1, -0.05) is 73.9 Å². The van der Waals surface area contributed by atoms with Crippen molar-refractivity contribution in [3.8, 4) is 11.3 Å². The second-order valence-electron chi connectivity index (χ2n) is 10.3. The summed E-state index contributed by atoms with van der Waals surface area (Å²) in [6.45, 7) is 2.82. The maximum atomic E-state index is 12.7. The van der Waals surface area contributed by atoms with Crippen molar-refractivity contribution >= 4 is 17.6 Å². The Morgan fingerprint density at radius 1 is 0.865 bits per heavy atom. The molecule has 0 N–H and O–H groups in total. The second kappa shape index (κ2) is 10.7. The number of aryl methyl sites for hydroxylation is 1. The highest BCUT2D eigenvalue weighted by Gasteiger charge is 2.24. The van der Waals surface area contributed by atoms with Crippen LogP contribution in [0.4, 0.5) is 5.95 Å². The molecule has 2 fully saturated rings. The van der Waals surface area contributed by atoms with Crippen LogP contribution in [0.5, 0.6) is 0 Å². The van der Waals surface area contributed by atoms with Gasteiger partial charge in [0.15, 0.2) is 0 Å². The summed E-state index contributed by atoms with van der Waals surface area (Å²) in [5, 5.41) is 4.84. The molecule has 4 aromatic rings. The third-order valence-electron chi connectivity index (χ3n) is 7.90. The Morgan fingerprint density at radius 2 is 1.62 bits per heavy atom. The predicted molar refractivity (Wildman–Crippen MR) is 146 cm³/mol. The van der Waals surface area contributed by atoms with E-state index in [0.29, 0.717) is 37.2 Å². The molecule has 0 bridgehead atoms. The van der Waals surface area contributed by atoms with E-state index in [1.165, 1.54) is 43.2 Å². The Labute approximate surface area is 218 Å². The molecule has 2 aromatic carbocycles. The van der Waals surface area contributed by atoms with Crippen LogP contribution in [0.3, 0.4) is 0 Å². The maximum Gasteiger partial charge on any atom is 0.254 e. The number of amides is 1. The first-order valence-electron chi connectivity index (χ1n) is 13.6. The SMILES string of the molecule is O=C(CCc1ccccc1)N1CCN(c2nc3nccc(-c4ccc(C5CCCCC5)cc4)n3n2)CC1. The Morgan fingerprint density at radius 3 is 2.38 bits per heavy atom. The minimum Gasteiger partial charge on any atom is -0.339 e. The molecule has 1 saturated carbocycles. The van der Waals surface area contributed by atoms with E-state index in [0.717, 1.165) is 30.8 Å². The van der Waals surface area contributed by atoms with Gasteiger partial charge in [-0.15, -0.1) is 5.10 Å². The van der Waals surface area contributed by atoms with Crippen LogP contribution in [-0.2, 0) is 11.2 Å². The Bertz CT molecular complexity index is 1340. The Kier molecular flexibility index (Phi) is 6.84. The smallest absolute Gasteiger partial charge is 0.254 e. The molecule has 3 heterocycles. The van der Waals surface area contributed by atoms with Crippen molar-refractivity contribution in [2.24, 2.45) is 0 Å². The van der Waals surface area contributed by atoms with Gasteiger partial charge in [0.1, 0.15) is 0 Å². The maximum absolute atomic E-state index is 12.7. The van der Waals surface area contributed by atoms with Crippen LogP contribution in [0, 0.1) is 0 Å². The van der Waals surface area contributed by atoms with E-state index >= 15 is 0 Å². The van der Waals surface area contributed by atoms with E-state index < -0.39 is 0 Å². The molecular formula is C30H34N6O. The molecule has 6 rings (SSSR count). The highest BCUT2D eigenvalue weighted by atomic mass is 16.2. The summed E-state index contributed by atoms with van der Waals surface area (Å²) in [7, 11) is 0. The average Bonchev–Trinajstić information content (AvgIpc) is 3.42. The van der Waals surface area contributed by atoms with Crippen LogP contribution in [0.2, 0.25) is 0 Å². The lowest BCUT2D eigenvalue weighted by molar-refractivity contribution is -0.131. The van der Waals surface area contributed by atoms with Crippen molar-refractivity contribution in [3.63, 3.8) is 0 Å². The van der Waals surface area contributed by atoms with Crippen molar-refractivity contribution in [2.45, 2.75) is 50.9 Å². The molecule has 190 valence electrons. The van der Waals surface area contributed by atoms with Crippen molar-refractivity contribution in [2.75, 3.05) is 31.1 Å². The average molecular weight is 495 g/mol. The summed E-state index contributed by atoms with van der Waals surface area (Å²) in [4.78, 5) is 26.1. The lowest BCUT2D eigenvalue weighted by atomic mass is 9.84. The largest absolute Gasteiger partial charge is 0.339 e. The second-order valence-corrected chi connectivity index (χ2v) is 10.3. The van der Waals surface area contributed by atoms with E-state index in [9.17, 15) is 4.79 Å². The van der Waals surface area contributed by atoms with Gasteiger partial charge in [-0.05, 0) is 42.4 Å². The van der Waals surface area contributed by atoms with Crippen molar-refractivity contribution in [3.05, 3.63) is 78.0 Å². The van der Waals surface area contributed by atoms with Crippen molar-refractivity contribution in [1.82, 2.24) is 24.5 Å². The van der Waals surface area contributed by atoms with Gasteiger partial charge in [0, 0.05) is 44.4 Å². The van der Waals surface area contributed by atoms with Crippen LogP contribution in [0.25, 0.3) is 17.0 Å². The summed E-state index contributed by atoms with van der Waals surface area (Å²) in [6, 6.07) is 21.2. The van der Waals surface area contributed by atoms with E-state index in [4.69, 9.17) is 10.1 Å². The van der Waals surface area contributed by atoms with E-state index in [2.05, 4.69) is 46.3 Å². The number of anilines is 1. The number of nitrogens with zero attached hydrogens (tertiary/aromatic N) is 6. The molecule has 2 aromatic heterocycles. The third-order valence-corrected chi connectivity index (χ3v) is 7.90. The zero-order chi connectivity index (χ0) is 25.0. The first-order chi connectivity index (χ1) is 18.2. The molecule has 1 aliphatic carbocycles. The molecule has 0 unspecified atom stereocenters. The van der Waals surface area contributed by atoms with Crippen LogP contribution < -0.4 is 4.90 Å². The van der Waals surface area contributed by atoms with Gasteiger partial charge in [0.2, 0.25) is 11.9 Å². The number of hydrogen-bond acceptors (Lipinski definition) is 5. The fourth-order valence-corrected chi connectivity index (χ4v) is 5.71. The quantitative estimate of drug-likeness (QED) is 0.372. The monoisotopic (exact) mass is 494 g/mol. The number of carbonyl (C=O) groups is 1. The number of piperazine rings is 1. The zero-order valence-corrected chi connectivity index (χ0v) is 21.3. The van der Waals surface area contributed by atoms with Gasteiger partial charge in [-0.2, -0.15) is 9.50 Å². The molecule has 1 saturated heterocycles. The Balaban J connectivity index is 1.12. The molecule has 0 spiro atoms. The molecule has 7 nitrogen and oxygen atoms in total. The fraction of sp³-hybridized carbons (Fsp3) is 0.400. The number of fused-ring (bicyclic) bond motifs is 1. The molecule has 0 atom stereocenters. The predicted octanol–water partition coefficient (Wildman–Crippen LogP) is 5.12. The number of aromatic nitrogens is 4. The molecule has 1 aliphatic heterocycles. The van der Waals surface area contributed by atoms with Crippen molar-refractivity contribution in [1.29, 1.82) is 0 Å². The van der Waals surface area contributed by atoms with Crippen LogP contribution in [0.15, 0.2) is 66.9 Å². The summed E-state index contributed by atoms with van der Waals surface area (Å²) in [5.74, 6) is 2.19. The summed E-state index contributed by atoms with van der Waals surface area (Å²) < 4.78 is 1.85. The molecule has 2 aliphatic rings. The van der Waals surface area contributed by atoms with Crippen LogP contribution >= 0.6 is 0 Å². The normalized spacial score (nSPS) is 16.9. The molecule has 37 heavy (non-hydrogen) atoms. The fourth-order valence-electron chi connectivity index (χ4n) is 5.71. The van der Waals surface area contributed by atoms with Crippen LogP contribution in [-0.4, -0.2) is 56.6 Å². The molecule has 1 amide bonds. The van der Waals surface area contributed by atoms with E-state index in [1.54, 1.807) is 0 Å². The molecule has 0 radical (unpaired) electrons. The van der Waals surface area contributed by atoms with Gasteiger partial charge in [0.25, 0.3) is 5.78 Å². The number of hydrogen-bond donors (Lipinski definition) is 0. The minimum atomic E-state index is 0.215. The van der Waals surface area contributed by atoms with Gasteiger partial charge in [0.05, 0.1) is 5.69 Å². The number of carbonyl (C=O) groups excluding carboxylic acids is 1. The molecule has 7 heteroatoms. The van der Waals surface area contributed by atoms with Crippen molar-refractivity contribution < 1.29 is 4.79 Å². The summed E-state index contributed by atoms with van der Waals surface area (Å²) in [6.07, 6.45) is 9.80. The lowest BCUT2D eigenvalue weighted by Crippen LogP contribution is -2.49. The highest BCUT2D eigenvalue weighted by molar-refractivity contribution is 5.76. The van der Waals surface area contributed by atoms with Gasteiger partial charge < -0.3 is 9.80 Å². The highest BCUT2D eigenvalue weighted by Crippen LogP contribution is 2.33. The minimum absolute atomic E-state index is 0.215. The number of benzene rings is 2. The van der Waals surface area contributed by atoms with Gasteiger partial charge >= 0.3 is 0 Å². The van der Waals surface area contributed by atoms with Gasteiger partial charge in [-0.25, -0.2) is 4.98 Å². The molecular weight excluding hydrogens is 460 g/mol. The van der Waals surface area contributed by atoms with E-state index in [-0.39, 0.29) is 5.91 Å². The topological polar surface area (TPSA) is 66.6 Å². The van der Waals surface area contributed by atoms with Gasteiger partial charge in [-0.3, -0.25) is 4.79 Å². The number of rotatable bonds is 6. The first kappa shape index (κ1) is 23.6. The zero-order valence-electron chi connectivity index (χ0n) is 21.3. The third kappa shape index (κ3) is 5.22. The summed E-state index contributed by atoms with van der Waals surface area (Å²) in [5.41, 5.74) is 4.77. The summed E-state index contributed by atoms with van der Waals surface area (Å²) >= 11 is 0. The standard InChI is InChI=1S/C30H34N6O/c37-28(16-11-23-7-3-1-4-8-23)34-19-21-35(22-20-34)30-32-29-31-18-17-27(36(29)33-30)26-14-12-25(13-15-26)24-9-5-2-6-10-24/h1,3-4,7-8,12-15,17-18,24H,2,5-6,9-11,16,19-22H2.